The van der Waals surface area contributed by atoms with Gasteiger partial charge in [0.15, 0.2) is 11.6 Å². The van der Waals surface area contributed by atoms with E-state index in [1.807, 2.05) is 26.0 Å². The lowest BCUT2D eigenvalue weighted by molar-refractivity contribution is -0.164. The number of nitriles is 1. The number of nitrogens with one attached hydrogen (secondary N) is 1. The zero-order valence-electron chi connectivity index (χ0n) is 25.0. The van der Waals surface area contributed by atoms with Crippen molar-refractivity contribution in [2.75, 3.05) is 0 Å². The van der Waals surface area contributed by atoms with Crippen LogP contribution in [0.5, 0.6) is 0 Å². The molecular weight excluding hydrogens is 484 g/mol. The van der Waals surface area contributed by atoms with Gasteiger partial charge in [0.05, 0.1) is 5.57 Å². The summed E-state index contributed by atoms with van der Waals surface area (Å²) in [5.74, 6) is 0.508. The molecule has 5 heteroatoms. The summed E-state index contributed by atoms with van der Waals surface area (Å²) >= 11 is 0. The molecule has 0 saturated heterocycles. The summed E-state index contributed by atoms with van der Waals surface area (Å²) < 4.78 is 0. The molecule has 0 aromatic carbocycles. The second-order valence-electron chi connectivity index (χ2n) is 16.2. The molecule has 1 amide bonds. The maximum atomic E-state index is 14.5. The van der Waals surface area contributed by atoms with Crippen molar-refractivity contribution < 1.29 is 14.4 Å². The van der Waals surface area contributed by atoms with E-state index in [0.717, 1.165) is 63.4 Å². The van der Waals surface area contributed by atoms with Crippen LogP contribution in [0.3, 0.4) is 0 Å². The fourth-order valence-corrected chi connectivity index (χ4v) is 10.5. The Morgan fingerprint density at radius 1 is 0.949 bits per heavy atom. The number of hydrogen-bond donors (Lipinski definition) is 1. The second kappa shape index (κ2) is 7.95. The summed E-state index contributed by atoms with van der Waals surface area (Å²) in [6.45, 7) is 15.5. The van der Waals surface area contributed by atoms with Gasteiger partial charge in [0, 0.05) is 28.2 Å². The Bertz CT molecular complexity index is 1280. The van der Waals surface area contributed by atoms with Crippen molar-refractivity contribution in [2.24, 2.45) is 50.7 Å². The van der Waals surface area contributed by atoms with Crippen molar-refractivity contribution in [2.45, 2.75) is 112 Å². The van der Waals surface area contributed by atoms with Crippen LogP contribution in [0.15, 0.2) is 23.3 Å². The number of Topliss-reactive ketones (excluding diaryl/α,β-unsaturated/α-hetero) is 1. The quantitative estimate of drug-likeness (QED) is 0.442. The first-order valence-corrected chi connectivity index (χ1v) is 15.3. The molecule has 0 spiro atoms. The molecule has 5 nitrogen and oxygen atoms in total. The van der Waals surface area contributed by atoms with E-state index < -0.39 is 10.8 Å². The average molecular weight is 531 g/mol. The highest BCUT2D eigenvalue weighted by Gasteiger charge is 2.70. The Morgan fingerprint density at radius 2 is 1.62 bits per heavy atom. The molecule has 6 aliphatic carbocycles. The molecule has 0 heterocycles. The number of ketones is 2. The maximum Gasteiger partial charge on any atom is 0.223 e. The molecule has 0 bridgehead atoms. The van der Waals surface area contributed by atoms with E-state index in [1.165, 1.54) is 0 Å². The molecular formula is C34H46N2O3. The first-order chi connectivity index (χ1) is 18.0. The number of fused-ring (bicyclic) bond motifs is 7. The van der Waals surface area contributed by atoms with Gasteiger partial charge in [-0.25, -0.2) is 0 Å². The van der Waals surface area contributed by atoms with E-state index in [9.17, 15) is 19.6 Å². The van der Waals surface area contributed by atoms with Gasteiger partial charge in [-0.15, -0.1) is 0 Å². The summed E-state index contributed by atoms with van der Waals surface area (Å²) in [6, 6.07) is 2.20. The van der Waals surface area contributed by atoms with Crippen LogP contribution < -0.4 is 5.32 Å². The molecule has 4 fully saturated rings. The first kappa shape index (κ1) is 27.0. The molecule has 0 radical (unpaired) electrons. The third kappa shape index (κ3) is 3.45. The molecule has 0 unspecified atom stereocenters. The molecule has 39 heavy (non-hydrogen) atoms. The Balaban J connectivity index is 1.49. The Morgan fingerprint density at radius 3 is 2.26 bits per heavy atom. The Kier molecular flexibility index (Phi) is 5.50. The molecule has 7 atom stereocenters. The van der Waals surface area contributed by atoms with E-state index in [0.29, 0.717) is 0 Å². The highest BCUT2D eigenvalue weighted by atomic mass is 16.2. The average Bonchev–Trinajstić information content (AvgIpc) is 3.69. The van der Waals surface area contributed by atoms with Crippen LogP contribution in [0.1, 0.15) is 106 Å². The Hall–Kier alpha value is -2.22. The van der Waals surface area contributed by atoms with Crippen molar-refractivity contribution in [1.29, 1.82) is 5.26 Å². The molecule has 0 aliphatic heterocycles. The van der Waals surface area contributed by atoms with Gasteiger partial charge < -0.3 is 5.32 Å². The van der Waals surface area contributed by atoms with E-state index in [4.69, 9.17) is 0 Å². The van der Waals surface area contributed by atoms with Crippen molar-refractivity contribution in [3.05, 3.63) is 23.3 Å². The fraction of sp³-hybridized carbons (Fsp3) is 0.765. The zero-order chi connectivity index (χ0) is 28.4. The Labute approximate surface area is 234 Å². The molecule has 210 valence electrons. The third-order valence-electron chi connectivity index (χ3n) is 13.2. The highest BCUT2D eigenvalue weighted by molar-refractivity contribution is 6.04. The highest BCUT2D eigenvalue weighted by Crippen LogP contribution is 2.73. The number of allylic oxidation sites excluding steroid dienone is 4. The summed E-state index contributed by atoms with van der Waals surface area (Å²) in [4.78, 5) is 41.0. The largest absolute Gasteiger partial charge is 0.350 e. The van der Waals surface area contributed by atoms with Crippen LogP contribution in [0.25, 0.3) is 0 Å². The van der Waals surface area contributed by atoms with Crippen molar-refractivity contribution in [1.82, 2.24) is 5.32 Å². The van der Waals surface area contributed by atoms with Gasteiger partial charge in [-0.3, -0.25) is 14.4 Å². The van der Waals surface area contributed by atoms with Crippen LogP contribution in [0, 0.1) is 62.1 Å². The fourth-order valence-electron chi connectivity index (χ4n) is 10.5. The lowest BCUT2D eigenvalue weighted by Gasteiger charge is -2.69. The number of rotatable bonds is 2. The normalized spacial score (nSPS) is 45.8. The van der Waals surface area contributed by atoms with Gasteiger partial charge in [-0.2, -0.15) is 5.26 Å². The van der Waals surface area contributed by atoms with Crippen molar-refractivity contribution in [3.8, 4) is 6.07 Å². The van der Waals surface area contributed by atoms with E-state index in [2.05, 4.69) is 46.0 Å². The molecule has 4 saturated carbocycles. The minimum absolute atomic E-state index is 0.0519. The molecule has 1 N–H and O–H groups in total. The van der Waals surface area contributed by atoms with Gasteiger partial charge in [0.2, 0.25) is 5.91 Å². The van der Waals surface area contributed by atoms with E-state index >= 15 is 0 Å². The number of nitrogens with zero attached hydrogens (tertiary/aromatic N) is 1. The maximum absolute atomic E-state index is 14.5. The second-order valence-corrected chi connectivity index (χ2v) is 16.2. The van der Waals surface area contributed by atoms with Crippen molar-refractivity contribution in [3.63, 3.8) is 0 Å². The summed E-state index contributed by atoms with van der Waals surface area (Å²) in [5.41, 5.74) is -0.441. The lowest BCUT2D eigenvalue weighted by atomic mass is 9.35. The number of amides is 1. The SMILES string of the molecule is CC1(C)CC[C@]2(NC(=O)C3CC3)CC[C@]3(C)[C@H](C(=O)C=C4[C@@]5(C)C=C(C#N)C(=O)C(C)(C)[C@@H]5CC[C@]43C)[C@@H]2C1. The minimum Gasteiger partial charge on any atom is -0.350 e. The van der Waals surface area contributed by atoms with Crippen molar-refractivity contribution >= 4 is 17.5 Å². The zero-order valence-corrected chi connectivity index (χ0v) is 25.0. The van der Waals surface area contributed by atoms with Crippen LogP contribution in [0.4, 0.5) is 0 Å². The van der Waals surface area contributed by atoms with E-state index in [-0.39, 0.29) is 68.5 Å². The molecule has 0 aromatic heterocycles. The first-order valence-electron chi connectivity index (χ1n) is 15.3. The predicted octanol–water partition coefficient (Wildman–Crippen LogP) is 6.48. The molecule has 6 aliphatic rings. The van der Waals surface area contributed by atoms with Crippen LogP contribution in [0.2, 0.25) is 0 Å². The van der Waals surface area contributed by atoms with Gasteiger partial charge >= 0.3 is 0 Å². The van der Waals surface area contributed by atoms with Gasteiger partial charge in [0.1, 0.15) is 6.07 Å². The summed E-state index contributed by atoms with van der Waals surface area (Å²) in [6.07, 6.45) is 12.4. The predicted molar refractivity (Wildman–Crippen MR) is 150 cm³/mol. The third-order valence-corrected chi connectivity index (χ3v) is 13.2. The van der Waals surface area contributed by atoms with Crippen LogP contribution in [-0.2, 0) is 14.4 Å². The summed E-state index contributed by atoms with van der Waals surface area (Å²) in [5, 5.41) is 13.5. The minimum atomic E-state index is -0.653. The number of hydrogen-bond acceptors (Lipinski definition) is 4. The topological polar surface area (TPSA) is 87.0 Å². The van der Waals surface area contributed by atoms with Crippen LogP contribution >= 0.6 is 0 Å². The summed E-state index contributed by atoms with van der Waals surface area (Å²) in [7, 11) is 0. The van der Waals surface area contributed by atoms with Crippen LogP contribution in [-0.4, -0.2) is 23.0 Å². The smallest absolute Gasteiger partial charge is 0.223 e. The number of carbonyl (C=O) groups is 3. The monoisotopic (exact) mass is 530 g/mol. The van der Waals surface area contributed by atoms with E-state index in [1.54, 1.807) is 0 Å². The molecule has 0 aromatic rings. The van der Waals surface area contributed by atoms with Gasteiger partial charge in [-0.1, -0.05) is 60.1 Å². The molecule has 6 rings (SSSR count). The standard InChI is InChI=1S/C34H46N2O3/c1-29(2)12-14-34(36-28(39)20-8-9-20)15-13-33(7)26(22(34)18-29)23(37)16-25-31(5)17-21(19-35)27(38)30(3,4)24(31)10-11-32(25,33)6/h16-17,20,22,24,26H,8-15,18H2,1-7H3,(H,36,39)/t22-,24-,26-,31-,32+,33+,34-/m0/s1. The van der Waals surface area contributed by atoms with Gasteiger partial charge in [0.25, 0.3) is 0 Å². The lowest BCUT2D eigenvalue weighted by Crippen LogP contribution is -2.69. The van der Waals surface area contributed by atoms with Gasteiger partial charge in [-0.05, 0) is 91.9 Å². The number of carbonyl (C=O) groups excluding carboxylic acids is 3.